The van der Waals surface area contributed by atoms with Gasteiger partial charge in [0.05, 0.1) is 6.61 Å². The van der Waals surface area contributed by atoms with E-state index in [4.69, 9.17) is 33.2 Å². The number of carbonyl (C=O) groups is 7. The molecule has 0 radical (unpaired) electrons. The van der Waals surface area contributed by atoms with E-state index in [1.165, 1.54) is 0 Å². The summed E-state index contributed by atoms with van der Waals surface area (Å²) in [6.07, 6.45) is 1.84. The number of carbonyl (C=O) groups excluding carboxylic acids is 7. The van der Waals surface area contributed by atoms with Crippen molar-refractivity contribution < 1.29 is 66.7 Å². The predicted molar refractivity (Wildman–Crippen MR) is 238 cm³/mol. The summed E-state index contributed by atoms with van der Waals surface area (Å²) in [7, 11) is 0. The molecular formula is C48H79N3O14. The molecule has 0 aromatic rings. The monoisotopic (exact) mass is 922 g/mol. The molecule has 11 atom stereocenters. The molecule has 0 spiro atoms. The molecule has 0 aromatic heterocycles. The Balaban J connectivity index is 1.66. The molecule has 0 bridgehead atoms. The summed E-state index contributed by atoms with van der Waals surface area (Å²) < 4.78 is 40.3. The van der Waals surface area contributed by atoms with Crippen LogP contribution in [0.25, 0.3) is 0 Å². The van der Waals surface area contributed by atoms with Gasteiger partial charge in [-0.25, -0.2) is 14.4 Å². The third kappa shape index (κ3) is 14.8. The molecule has 4 fully saturated rings. The maximum absolute atomic E-state index is 13.8. The molecule has 0 unspecified atom stereocenters. The van der Waals surface area contributed by atoms with E-state index in [0.29, 0.717) is 45.1 Å². The fourth-order valence-electron chi connectivity index (χ4n) is 11.3. The summed E-state index contributed by atoms with van der Waals surface area (Å²) in [5.74, 6) is -2.47. The average molecular weight is 922 g/mol. The minimum absolute atomic E-state index is 0.0178. The number of rotatable bonds is 15. The van der Waals surface area contributed by atoms with E-state index in [9.17, 15) is 33.6 Å². The standard InChI is InChI=1S/C48H79N3O14/c1-14-21-59-36(52)18-15-28(2)31-16-17-32-40-33(24-35(48(31,32)13)62-39(55)27-51-43(58)65-46(9,10)11)47(12)20-19-30(60-37(53)25-49-41(56)63-44(3,4)5)22-29(47)23-34(40)61-38(54)26-50-42(57)64-45(6,7)8/h28-35,40H,14-27H2,1-13H3,(H,49,56)(H,50,57)(H,51,58)/t28-,29+,30-,31-,32+,33+,34-,35+,40+,47+,48-/m1/s1. The Bertz CT molecular complexity index is 1720. The van der Waals surface area contributed by atoms with Gasteiger partial charge in [0.25, 0.3) is 0 Å². The molecule has 0 aliphatic heterocycles. The SMILES string of the molecule is CCCOC(=O)CC[C@@H](C)[C@H]1CC[C@H]2[C@@H]3[C@H](OC(=O)CNC(=O)OC(C)(C)C)C[C@@H]4C[C@H](OC(=O)CNC(=O)OC(C)(C)C)CC[C@]4(C)[C@H]3C[C@H](OC(=O)CNC(=O)OC(C)(C)C)[C@]12C. The summed E-state index contributed by atoms with van der Waals surface area (Å²) >= 11 is 0. The second-order valence-corrected chi connectivity index (χ2v) is 22.2. The van der Waals surface area contributed by atoms with Crippen LogP contribution in [0.15, 0.2) is 0 Å². The third-order valence-corrected chi connectivity index (χ3v) is 13.9. The first-order chi connectivity index (χ1) is 30.0. The molecule has 4 rings (SSSR count). The van der Waals surface area contributed by atoms with Crippen molar-refractivity contribution in [2.24, 2.45) is 46.3 Å². The van der Waals surface area contributed by atoms with Gasteiger partial charge in [-0.15, -0.1) is 0 Å². The van der Waals surface area contributed by atoms with Crippen molar-refractivity contribution in [3.8, 4) is 0 Å². The van der Waals surface area contributed by atoms with Crippen molar-refractivity contribution in [2.75, 3.05) is 26.2 Å². The molecule has 17 nitrogen and oxygen atoms in total. The van der Waals surface area contributed by atoms with Crippen LogP contribution in [0.3, 0.4) is 0 Å². The average Bonchev–Trinajstić information content (AvgIpc) is 3.53. The van der Waals surface area contributed by atoms with Gasteiger partial charge in [0, 0.05) is 17.8 Å². The van der Waals surface area contributed by atoms with E-state index in [2.05, 4.69) is 36.7 Å². The van der Waals surface area contributed by atoms with Gasteiger partial charge >= 0.3 is 42.2 Å². The number of nitrogens with one attached hydrogen (secondary N) is 3. The first-order valence-corrected chi connectivity index (χ1v) is 23.7. The van der Waals surface area contributed by atoms with Gasteiger partial charge in [-0.3, -0.25) is 19.2 Å². The van der Waals surface area contributed by atoms with Crippen LogP contribution in [0.2, 0.25) is 0 Å². The molecule has 65 heavy (non-hydrogen) atoms. The topological polar surface area (TPSA) is 220 Å². The van der Waals surface area contributed by atoms with Crippen molar-refractivity contribution in [2.45, 2.75) is 189 Å². The summed E-state index contributed by atoms with van der Waals surface area (Å²) in [4.78, 5) is 90.7. The molecule has 3 N–H and O–H groups in total. The van der Waals surface area contributed by atoms with E-state index in [1.54, 1.807) is 62.3 Å². The zero-order valence-electron chi connectivity index (χ0n) is 41.3. The van der Waals surface area contributed by atoms with Crippen LogP contribution >= 0.6 is 0 Å². The molecule has 4 saturated carbocycles. The number of esters is 4. The maximum atomic E-state index is 13.8. The van der Waals surface area contributed by atoms with Crippen LogP contribution in [0.1, 0.15) is 154 Å². The van der Waals surface area contributed by atoms with E-state index in [-0.39, 0.29) is 59.9 Å². The first-order valence-electron chi connectivity index (χ1n) is 23.7. The Kier molecular flexibility index (Phi) is 17.7. The van der Waals surface area contributed by atoms with Gasteiger partial charge in [-0.2, -0.15) is 0 Å². The molecule has 370 valence electrons. The zero-order chi connectivity index (χ0) is 48.7. The Labute approximate surface area is 385 Å². The van der Waals surface area contributed by atoms with Gasteiger partial charge in [-0.1, -0.05) is 27.7 Å². The molecule has 4 aliphatic carbocycles. The van der Waals surface area contributed by atoms with Gasteiger partial charge in [-0.05, 0) is 155 Å². The van der Waals surface area contributed by atoms with Crippen LogP contribution in [-0.2, 0) is 52.3 Å². The highest BCUT2D eigenvalue weighted by Crippen LogP contribution is 2.69. The number of fused-ring (bicyclic) bond motifs is 5. The largest absolute Gasteiger partial charge is 0.466 e. The second-order valence-electron chi connectivity index (χ2n) is 22.2. The summed E-state index contributed by atoms with van der Waals surface area (Å²) in [5, 5.41) is 7.54. The number of hydrogen-bond acceptors (Lipinski definition) is 14. The van der Waals surface area contributed by atoms with Gasteiger partial charge in [0.1, 0.15) is 54.7 Å². The molecular weight excluding hydrogens is 843 g/mol. The molecule has 0 aromatic carbocycles. The van der Waals surface area contributed by atoms with Crippen molar-refractivity contribution >= 4 is 42.2 Å². The van der Waals surface area contributed by atoms with Crippen molar-refractivity contribution in [1.82, 2.24) is 16.0 Å². The highest BCUT2D eigenvalue weighted by molar-refractivity contribution is 5.79. The Hall–Kier alpha value is -4.31. The van der Waals surface area contributed by atoms with Crippen LogP contribution in [-0.4, -0.2) is 104 Å². The first kappa shape index (κ1) is 53.3. The van der Waals surface area contributed by atoms with Crippen molar-refractivity contribution in [1.29, 1.82) is 0 Å². The number of ether oxygens (including phenoxy) is 7. The number of alkyl carbamates (subject to hydrolysis) is 3. The second kappa shape index (κ2) is 21.5. The Morgan fingerprint density at radius 3 is 1.65 bits per heavy atom. The lowest BCUT2D eigenvalue weighted by Gasteiger charge is -2.64. The molecule has 4 aliphatic rings. The van der Waals surface area contributed by atoms with Crippen LogP contribution in [0.4, 0.5) is 14.4 Å². The van der Waals surface area contributed by atoms with E-state index < -0.39 is 89.8 Å². The van der Waals surface area contributed by atoms with Gasteiger partial charge in [0.2, 0.25) is 0 Å². The fourth-order valence-corrected chi connectivity index (χ4v) is 11.3. The normalized spacial score (nSPS) is 30.1. The predicted octanol–water partition coefficient (Wildman–Crippen LogP) is 7.54. The van der Waals surface area contributed by atoms with E-state index >= 15 is 0 Å². The number of amides is 3. The van der Waals surface area contributed by atoms with Crippen molar-refractivity contribution in [3.63, 3.8) is 0 Å². The third-order valence-electron chi connectivity index (χ3n) is 13.9. The quantitative estimate of drug-likeness (QED) is 0.107. The zero-order valence-corrected chi connectivity index (χ0v) is 41.3. The van der Waals surface area contributed by atoms with Crippen LogP contribution < -0.4 is 16.0 Å². The van der Waals surface area contributed by atoms with Gasteiger partial charge < -0.3 is 49.1 Å². The molecule has 17 heteroatoms. The highest BCUT2D eigenvalue weighted by atomic mass is 16.6. The Morgan fingerprint density at radius 2 is 1.14 bits per heavy atom. The summed E-state index contributed by atoms with van der Waals surface area (Å²) in [6.45, 7) is 23.2. The summed E-state index contributed by atoms with van der Waals surface area (Å²) in [6, 6.07) is 0. The lowest BCUT2D eigenvalue weighted by Crippen LogP contribution is -2.64. The molecule has 3 amide bonds. The van der Waals surface area contributed by atoms with Gasteiger partial charge in [0.15, 0.2) is 0 Å². The van der Waals surface area contributed by atoms with E-state index in [0.717, 1.165) is 19.3 Å². The highest BCUT2D eigenvalue weighted by Gasteiger charge is 2.68. The lowest BCUT2D eigenvalue weighted by molar-refractivity contribution is -0.225. The molecule has 0 saturated heterocycles. The lowest BCUT2D eigenvalue weighted by atomic mass is 9.43. The minimum atomic E-state index is -0.772. The summed E-state index contributed by atoms with van der Waals surface area (Å²) in [5.41, 5.74) is -3.25. The fraction of sp³-hybridized carbons (Fsp3) is 0.854. The van der Waals surface area contributed by atoms with Crippen LogP contribution in [0, 0.1) is 46.3 Å². The van der Waals surface area contributed by atoms with E-state index in [1.807, 2.05) is 6.92 Å². The smallest absolute Gasteiger partial charge is 0.408 e. The Morgan fingerprint density at radius 1 is 0.631 bits per heavy atom. The molecule has 0 heterocycles. The maximum Gasteiger partial charge on any atom is 0.408 e. The minimum Gasteiger partial charge on any atom is -0.466 e. The number of hydrogen-bond donors (Lipinski definition) is 3. The van der Waals surface area contributed by atoms with Crippen LogP contribution in [0.5, 0.6) is 0 Å². The van der Waals surface area contributed by atoms with Crippen molar-refractivity contribution in [3.05, 3.63) is 0 Å².